The Hall–Kier alpha value is -2.52. The number of carbonyl (C=O) groups excluding carboxylic acids is 3. The molecule has 5 unspecified atom stereocenters. The fourth-order valence-corrected chi connectivity index (χ4v) is 4.47. The topological polar surface area (TPSA) is 115 Å². The van der Waals surface area contributed by atoms with Crippen LogP contribution in [-0.4, -0.2) is 61.3 Å². The maximum absolute atomic E-state index is 12.3. The Morgan fingerprint density at radius 3 is 2.59 bits per heavy atom. The van der Waals surface area contributed by atoms with Crippen molar-refractivity contribution in [3.63, 3.8) is 0 Å². The molecule has 10 nitrogen and oxygen atoms in total. The fourth-order valence-electron chi connectivity index (χ4n) is 3.25. The van der Waals surface area contributed by atoms with Crippen molar-refractivity contribution in [1.82, 2.24) is 15.3 Å². The molecule has 0 aliphatic carbocycles. The first kappa shape index (κ1) is 27.7. The van der Waals surface area contributed by atoms with E-state index in [-0.39, 0.29) is 30.8 Å². The summed E-state index contributed by atoms with van der Waals surface area (Å²) in [5.41, 5.74) is 0. The zero-order chi connectivity index (χ0) is 25.1. The van der Waals surface area contributed by atoms with Gasteiger partial charge in [-0.05, 0) is 45.4 Å². The van der Waals surface area contributed by atoms with Crippen LogP contribution in [0.3, 0.4) is 0 Å². The van der Waals surface area contributed by atoms with E-state index in [1.165, 1.54) is 24.2 Å². The molecule has 188 valence electrons. The molecule has 1 aromatic rings. The van der Waals surface area contributed by atoms with Crippen LogP contribution in [0.2, 0.25) is 0 Å². The largest absolute Gasteiger partial charge is 0.462 e. The van der Waals surface area contributed by atoms with Crippen molar-refractivity contribution in [2.75, 3.05) is 13.7 Å². The van der Waals surface area contributed by atoms with E-state index >= 15 is 0 Å². The lowest BCUT2D eigenvalue weighted by atomic mass is 10.1. The highest BCUT2D eigenvalue weighted by Crippen LogP contribution is 2.38. The minimum atomic E-state index is -1.70. The SMILES string of the molecule is CNC(=O)N(/C=C\C=O)C1OC(COP(NC(C)C(=O)OC(C)C)Oc2ccccc2)CC1C. The first-order valence-corrected chi connectivity index (χ1v) is 12.3. The summed E-state index contributed by atoms with van der Waals surface area (Å²) in [5.74, 6) is 0.182. The number of carbonyl (C=O) groups is 3. The highest BCUT2D eigenvalue weighted by Gasteiger charge is 2.38. The molecule has 1 aliphatic heterocycles. The minimum absolute atomic E-state index is 0.00336. The number of nitrogens with one attached hydrogen (secondary N) is 2. The summed E-state index contributed by atoms with van der Waals surface area (Å²) in [6, 6.07) is 8.11. The molecule has 0 bridgehead atoms. The summed E-state index contributed by atoms with van der Waals surface area (Å²) in [6.07, 6.45) is 2.75. The van der Waals surface area contributed by atoms with E-state index in [1.807, 2.05) is 25.1 Å². The lowest BCUT2D eigenvalue weighted by Crippen LogP contribution is -2.44. The zero-order valence-corrected chi connectivity index (χ0v) is 21.1. The third kappa shape index (κ3) is 8.68. The normalized spacial score (nSPS) is 21.8. The van der Waals surface area contributed by atoms with Gasteiger partial charge in [0, 0.05) is 19.2 Å². The van der Waals surface area contributed by atoms with Crippen molar-refractivity contribution < 1.29 is 32.9 Å². The van der Waals surface area contributed by atoms with Gasteiger partial charge in [0.2, 0.25) is 0 Å². The van der Waals surface area contributed by atoms with Gasteiger partial charge in [0.05, 0.1) is 18.8 Å². The molecule has 1 heterocycles. The van der Waals surface area contributed by atoms with E-state index in [0.717, 1.165) is 0 Å². The van der Waals surface area contributed by atoms with Crippen LogP contribution in [0.1, 0.15) is 34.1 Å². The lowest BCUT2D eigenvalue weighted by molar-refractivity contribution is -0.149. The van der Waals surface area contributed by atoms with Gasteiger partial charge in [-0.3, -0.25) is 14.5 Å². The Labute approximate surface area is 201 Å². The van der Waals surface area contributed by atoms with Crippen LogP contribution in [-0.2, 0) is 23.6 Å². The van der Waals surface area contributed by atoms with Crippen LogP contribution in [0.25, 0.3) is 0 Å². The molecule has 0 spiro atoms. The average Bonchev–Trinajstić information content (AvgIpc) is 3.17. The Bertz CT molecular complexity index is 824. The molecular weight excluding hydrogens is 461 g/mol. The third-order valence-corrected chi connectivity index (χ3v) is 6.17. The molecule has 11 heteroatoms. The van der Waals surface area contributed by atoms with Gasteiger partial charge < -0.3 is 23.8 Å². The molecule has 1 fully saturated rings. The predicted octanol–water partition coefficient (Wildman–Crippen LogP) is 3.34. The van der Waals surface area contributed by atoms with Gasteiger partial charge in [-0.15, -0.1) is 0 Å². The molecule has 34 heavy (non-hydrogen) atoms. The molecule has 0 radical (unpaired) electrons. The molecule has 1 saturated heterocycles. The standard InChI is InChI=1S/C23H34N3O7P/c1-16(2)31-22(28)18(4)25-34(33-19-10-7-6-8-11-19)30-15-20-14-17(3)21(32-20)26(12-9-13-27)23(29)24-5/h6-13,16-18,20-21,25H,14-15H2,1-5H3,(H,24,29)/b12-9-. The van der Waals surface area contributed by atoms with Crippen LogP contribution in [0.5, 0.6) is 5.75 Å². The molecular formula is C23H34N3O7P. The van der Waals surface area contributed by atoms with E-state index in [4.69, 9.17) is 18.5 Å². The number of para-hydroxylation sites is 1. The second-order valence-corrected chi connectivity index (χ2v) is 9.31. The number of aldehydes is 1. The maximum Gasteiger partial charge on any atom is 0.323 e. The van der Waals surface area contributed by atoms with Gasteiger partial charge >= 0.3 is 20.5 Å². The maximum atomic E-state index is 12.3. The van der Waals surface area contributed by atoms with Gasteiger partial charge in [0.25, 0.3) is 0 Å². The predicted molar refractivity (Wildman–Crippen MR) is 128 cm³/mol. The molecule has 2 rings (SSSR count). The van der Waals surface area contributed by atoms with Crippen molar-refractivity contribution in [1.29, 1.82) is 0 Å². The Kier molecular flexibility index (Phi) is 11.4. The molecule has 2 amide bonds. The van der Waals surface area contributed by atoms with Gasteiger partial charge in [0.1, 0.15) is 24.3 Å². The Morgan fingerprint density at radius 2 is 1.97 bits per heavy atom. The molecule has 1 aliphatic rings. The second kappa shape index (κ2) is 14.0. The lowest BCUT2D eigenvalue weighted by Gasteiger charge is -2.28. The van der Waals surface area contributed by atoms with Crippen molar-refractivity contribution in [2.45, 2.75) is 58.6 Å². The molecule has 2 N–H and O–H groups in total. The Balaban J connectivity index is 2.04. The van der Waals surface area contributed by atoms with E-state index in [1.54, 1.807) is 32.9 Å². The smallest absolute Gasteiger partial charge is 0.323 e. The number of ether oxygens (including phenoxy) is 2. The number of hydrogen-bond acceptors (Lipinski definition) is 8. The number of esters is 1. The monoisotopic (exact) mass is 495 g/mol. The van der Waals surface area contributed by atoms with Crippen molar-refractivity contribution in [3.05, 3.63) is 42.6 Å². The number of amides is 2. The van der Waals surface area contributed by atoms with Crippen LogP contribution < -0.4 is 14.9 Å². The van der Waals surface area contributed by atoms with Crippen LogP contribution in [0, 0.1) is 5.92 Å². The number of rotatable bonds is 12. The van der Waals surface area contributed by atoms with E-state index in [9.17, 15) is 14.4 Å². The zero-order valence-electron chi connectivity index (χ0n) is 20.2. The van der Waals surface area contributed by atoms with Crippen molar-refractivity contribution in [3.8, 4) is 5.75 Å². The summed E-state index contributed by atoms with van der Waals surface area (Å²) in [6.45, 7) is 7.39. The van der Waals surface area contributed by atoms with Crippen LogP contribution in [0.4, 0.5) is 4.79 Å². The van der Waals surface area contributed by atoms with Crippen molar-refractivity contribution in [2.24, 2.45) is 5.92 Å². The first-order valence-electron chi connectivity index (χ1n) is 11.1. The van der Waals surface area contributed by atoms with Gasteiger partial charge in [-0.25, -0.2) is 9.88 Å². The summed E-state index contributed by atoms with van der Waals surface area (Å²) >= 11 is 0. The molecule has 5 atom stereocenters. The highest BCUT2D eigenvalue weighted by atomic mass is 31.2. The fraction of sp³-hybridized carbons (Fsp3) is 0.522. The number of benzene rings is 1. The Morgan fingerprint density at radius 1 is 1.26 bits per heavy atom. The number of allylic oxidation sites excluding steroid dienone is 1. The average molecular weight is 496 g/mol. The summed E-state index contributed by atoms with van der Waals surface area (Å²) in [4.78, 5) is 36.6. The first-order chi connectivity index (χ1) is 16.2. The van der Waals surface area contributed by atoms with Gasteiger partial charge in [-0.1, -0.05) is 25.1 Å². The van der Waals surface area contributed by atoms with Crippen LogP contribution in [0.15, 0.2) is 42.6 Å². The number of hydrogen-bond donors (Lipinski definition) is 2. The molecule has 1 aromatic carbocycles. The van der Waals surface area contributed by atoms with E-state index in [0.29, 0.717) is 18.5 Å². The number of urea groups is 1. The number of nitrogens with zero attached hydrogens (tertiary/aromatic N) is 1. The van der Waals surface area contributed by atoms with Crippen molar-refractivity contribution >= 4 is 26.8 Å². The highest BCUT2D eigenvalue weighted by molar-refractivity contribution is 7.45. The summed E-state index contributed by atoms with van der Waals surface area (Å²) in [7, 11) is -0.193. The summed E-state index contributed by atoms with van der Waals surface area (Å²) < 4.78 is 23.3. The third-order valence-electron chi connectivity index (χ3n) is 4.81. The summed E-state index contributed by atoms with van der Waals surface area (Å²) in [5, 5.41) is 5.61. The minimum Gasteiger partial charge on any atom is -0.462 e. The molecule has 0 aromatic heterocycles. The van der Waals surface area contributed by atoms with E-state index < -0.39 is 26.8 Å². The van der Waals surface area contributed by atoms with Gasteiger partial charge in [0.15, 0.2) is 0 Å². The molecule has 0 saturated carbocycles. The van der Waals surface area contributed by atoms with E-state index in [2.05, 4.69) is 10.4 Å². The quantitative estimate of drug-likeness (QED) is 0.196. The van der Waals surface area contributed by atoms with Gasteiger partial charge in [-0.2, -0.15) is 0 Å². The second-order valence-electron chi connectivity index (χ2n) is 8.10. The van der Waals surface area contributed by atoms with Crippen LogP contribution >= 0.6 is 8.53 Å².